The van der Waals surface area contributed by atoms with Crippen LogP contribution in [0.1, 0.15) is 10.4 Å². The van der Waals surface area contributed by atoms with Crippen molar-refractivity contribution in [2.75, 3.05) is 5.32 Å². The third-order valence-corrected chi connectivity index (χ3v) is 4.84. The number of halogens is 4. The number of hydrogen-bond donors (Lipinski definition) is 1. The summed E-state index contributed by atoms with van der Waals surface area (Å²) in [6.07, 6.45) is 0. The normalized spacial score (nSPS) is 11.5. The zero-order valence-electron chi connectivity index (χ0n) is 11.3. The maximum Gasteiger partial charge on any atom is 0.341 e. The van der Waals surface area contributed by atoms with E-state index in [-0.39, 0.29) is 16.3 Å². The summed E-state index contributed by atoms with van der Waals surface area (Å²) in [6.45, 7) is 0. The van der Waals surface area contributed by atoms with E-state index in [0.717, 1.165) is 6.07 Å². The molecule has 1 N–H and O–H groups in total. The monoisotopic (exact) mass is 379 g/mol. The summed E-state index contributed by atoms with van der Waals surface area (Å²) in [5.41, 5.74) is -0.232. The standard InChI is InChI=1S/C14H9Cl2F2NO3S/c15-8-5-6-9(10(16)7-8)13(20)19-11-3-1-2-4-12(11)23(21,22)14(17)18/h1-7,14H,(H,19,20). The van der Waals surface area contributed by atoms with E-state index < -0.39 is 26.4 Å². The van der Waals surface area contributed by atoms with E-state index in [1.165, 1.54) is 36.4 Å². The van der Waals surface area contributed by atoms with Crippen molar-refractivity contribution >= 4 is 44.6 Å². The molecule has 0 heterocycles. The minimum absolute atomic E-state index is 0.0281. The highest BCUT2D eigenvalue weighted by atomic mass is 35.5. The number of carbonyl (C=O) groups is 1. The van der Waals surface area contributed by atoms with Gasteiger partial charge in [-0.15, -0.1) is 0 Å². The average Bonchev–Trinajstić information content (AvgIpc) is 2.47. The lowest BCUT2D eigenvalue weighted by Gasteiger charge is -2.12. The molecule has 2 aromatic carbocycles. The van der Waals surface area contributed by atoms with Crippen LogP contribution < -0.4 is 5.32 Å². The number of para-hydroxylation sites is 1. The zero-order valence-corrected chi connectivity index (χ0v) is 13.6. The average molecular weight is 380 g/mol. The molecule has 0 bridgehead atoms. The summed E-state index contributed by atoms with van der Waals surface area (Å²) in [7, 11) is -4.85. The van der Waals surface area contributed by atoms with Crippen molar-refractivity contribution in [2.24, 2.45) is 0 Å². The van der Waals surface area contributed by atoms with Crippen LogP contribution in [0, 0.1) is 0 Å². The lowest BCUT2D eigenvalue weighted by molar-refractivity contribution is 0.102. The van der Waals surface area contributed by atoms with Gasteiger partial charge in [0.25, 0.3) is 5.91 Å². The first-order chi connectivity index (χ1) is 10.7. The number of amides is 1. The minimum atomic E-state index is -4.85. The van der Waals surface area contributed by atoms with Crippen LogP contribution in [0.2, 0.25) is 10.0 Å². The van der Waals surface area contributed by atoms with Crippen molar-refractivity contribution < 1.29 is 22.0 Å². The number of benzene rings is 2. The van der Waals surface area contributed by atoms with Gasteiger partial charge in [-0.1, -0.05) is 35.3 Å². The molecular weight excluding hydrogens is 371 g/mol. The molecule has 2 aromatic rings. The molecule has 9 heteroatoms. The Labute approximate surface area is 140 Å². The fraction of sp³-hybridized carbons (Fsp3) is 0.0714. The van der Waals surface area contributed by atoms with E-state index in [2.05, 4.69) is 5.32 Å². The Balaban J connectivity index is 2.40. The molecule has 0 fully saturated rings. The quantitative estimate of drug-likeness (QED) is 0.863. The van der Waals surface area contributed by atoms with E-state index in [4.69, 9.17) is 23.2 Å². The number of alkyl halides is 2. The van der Waals surface area contributed by atoms with Crippen LogP contribution in [0.4, 0.5) is 14.5 Å². The number of anilines is 1. The summed E-state index contributed by atoms with van der Waals surface area (Å²) >= 11 is 11.6. The van der Waals surface area contributed by atoms with E-state index >= 15 is 0 Å². The molecule has 0 aliphatic carbocycles. The second kappa shape index (κ2) is 6.82. The number of carbonyl (C=O) groups excluding carboxylic acids is 1. The van der Waals surface area contributed by atoms with Crippen molar-refractivity contribution in [3.05, 3.63) is 58.1 Å². The van der Waals surface area contributed by atoms with Gasteiger partial charge in [0, 0.05) is 5.02 Å². The molecule has 1 amide bonds. The number of nitrogens with one attached hydrogen (secondary N) is 1. The molecule has 0 aromatic heterocycles. The van der Waals surface area contributed by atoms with Gasteiger partial charge in [0.2, 0.25) is 9.84 Å². The van der Waals surface area contributed by atoms with E-state index in [1.807, 2.05) is 0 Å². The molecule has 0 radical (unpaired) electrons. The van der Waals surface area contributed by atoms with Crippen LogP contribution >= 0.6 is 23.2 Å². The largest absolute Gasteiger partial charge is 0.341 e. The Morgan fingerprint density at radius 3 is 2.35 bits per heavy atom. The Hall–Kier alpha value is -1.70. The van der Waals surface area contributed by atoms with Crippen LogP contribution in [0.15, 0.2) is 47.4 Å². The van der Waals surface area contributed by atoms with Gasteiger partial charge in [-0.3, -0.25) is 4.79 Å². The summed E-state index contributed by atoms with van der Waals surface area (Å²) in [5, 5.41) is 2.63. The molecule has 0 aliphatic heterocycles. The van der Waals surface area contributed by atoms with Crippen molar-refractivity contribution in [3.63, 3.8) is 0 Å². The number of rotatable bonds is 4. The summed E-state index contributed by atoms with van der Waals surface area (Å²) in [5.74, 6) is -4.34. The molecule has 122 valence electrons. The van der Waals surface area contributed by atoms with Gasteiger partial charge in [0.05, 0.1) is 21.2 Å². The van der Waals surface area contributed by atoms with Gasteiger partial charge >= 0.3 is 5.76 Å². The van der Waals surface area contributed by atoms with Crippen LogP contribution in [-0.4, -0.2) is 20.1 Å². The topological polar surface area (TPSA) is 63.2 Å². The first-order valence-corrected chi connectivity index (χ1v) is 8.41. The summed E-state index contributed by atoms with van der Waals surface area (Å²) in [6, 6.07) is 8.97. The second-order valence-corrected chi connectivity index (χ2v) is 7.11. The number of hydrogen-bond acceptors (Lipinski definition) is 3. The number of sulfone groups is 1. The third kappa shape index (κ3) is 3.80. The lowest BCUT2D eigenvalue weighted by atomic mass is 10.2. The van der Waals surface area contributed by atoms with Gasteiger partial charge in [0.15, 0.2) is 0 Å². The highest BCUT2D eigenvalue weighted by Gasteiger charge is 2.29. The van der Waals surface area contributed by atoms with Gasteiger partial charge in [-0.2, -0.15) is 8.78 Å². The van der Waals surface area contributed by atoms with Crippen molar-refractivity contribution in [1.82, 2.24) is 0 Å². The Bertz CT molecular complexity index is 857. The molecule has 4 nitrogen and oxygen atoms in total. The third-order valence-electron chi connectivity index (χ3n) is 2.85. The van der Waals surface area contributed by atoms with Gasteiger partial charge in [-0.05, 0) is 30.3 Å². The van der Waals surface area contributed by atoms with Gasteiger partial charge < -0.3 is 5.32 Å². The van der Waals surface area contributed by atoms with E-state index in [0.29, 0.717) is 5.02 Å². The molecule has 0 unspecified atom stereocenters. The Kier molecular flexibility index (Phi) is 5.23. The molecule has 2 rings (SSSR count). The molecule has 0 spiro atoms. The second-order valence-electron chi connectivity index (χ2n) is 4.38. The summed E-state index contributed by atoms with van der Waals surface area (Å²) in [4.78, 5) is 11.5. The van der Waals surface area contributed by atoms with Gasteiger partial charge in [-0.25, -0.2) is 8.42 Å². The van der Waals surface area contributed by atoms with Crippen LogP contribution in [0.5, 0.6) is 0 Å². The molecule has 0 saturated heterocycles. The Morgan fingerprint density at radius 2 is 1.74 bits per heavy atom. The molecule has 0 saturated carbocycles. The first-order valence-electron chi connectivity index (χ1n) is 6.11. The fourth-order valence-corrected chi connectivity index (χ4v) is 3.16. The van der Waals surface area contributed by atoms with Crippen LogP contribution in [-0.2, 0) is 9.84 Å². The zero-order chi connectivity index (χ0) is 17.2. The SMILES string of the molecule is O=C(Nc1ccccc1S(=O)(=O)C(F)F)c1ccc(Cl)cc1Cl. The highest BCUT2D eigenvalue weighted by molar-refractivity contribution is 7.91. The molecule has 23 heavy (non-hydrogen) atoms. The lowest BCUT2D eigenvalue weighted by Crippen LogP contribution is -2.18. The first kappa shape index (κ1) is 17.7. The summed E-state index contributed by atoms with van der Waals surface area (Å²) < 4.78 is 48.7. The van der Waals surface area contributed by atoms with E-state index in [1.54, 1.807) is 0 Å². The molecular formula is C14H9Cl2F2NO3S. The maximum absolute atomic E-state index is 12.7. The van der Waals surface area contributed by atoms with Crippen molar-refractivity contribution in [3.8, 4) is 0 Å². The predicted molar refractivity (Wildman–Crippen MR) is 84.0 cm³/mol. The smallest absolute Gasteiger partial charge is 0.321 e. The minimum Gasteiger partial charge on any atom is -0.321 e. The predicted octanol–water partition coefficient (Wildman–Crippen LogP) is 4.24. The van der Waals surface area contributed by atoms with E-state index in [9.17, 15) is 22.0 Å². The van der Waals surface area contributed by atoms with Crippen LogP contribution in [0.3, 0.4) is 0 Å². The van der Waals surface area contributed by atoms with Crippen molar-refractivity contribution in [2.45, 2.75) is 10.7 Å². The molecule has 0 atom stereocenters. The highest BCUT2D eigenvalue weighted by Crippen LogP contribution is 2.27. The molecule has 0 aliphatic rings. The van der Waals surface area contributed by atoms with Gasteiger partial charge in [0.1, 0.15) is 0 Å². The maximum atomic E-state index is 12.7. The van der Waals surface area contributed by atoms with Crippen LogP contribution in [0.25, 0.3) is 0 Å². The fourth-order valence-electron chi connectivity index (χ4n) is 1.78. The Morgan fingerprint density at radius 1 is 1.09 bits per heavy atom. The van der Waals surface area contributed by atoms with Crippen molar-refractivity contribution in [1.29, 1.82) is 0 Å².